The molecular weight excluding hydrogens is 555 g/mol. The minimum Gasteiger partial charge on any atom is -0.455 e. The summed E-state index contributed by atoms with van der Waals surface area (Å²) >= 11 is 0. The Hall–Kier alpha value is -4.15. The number of aromatic nitrogens is 1. The number of halogens is 1. The Morgan fingerprint density at radius 3 is 2.62 bits per heavy atom. The number of rotatable bonds is 7. The van der Waals surface area contributed by atoms with Gasteiger partial charge in [0.15, 0.2) is 0 Å². The number of piperidine rings is 1. The van der Waals surface area contributed by atoms with Crippen LogP contribution in [0.4, 0.5) is 10.1 Å². The Morgan fingerprint density at radius 1 is 1.14 bits per heavy atom. The van der Waals surface area contributed by atoms with Crippen molar-refractivity contribution in [3.05, 3.63) is 89.4 Å². The van der Waals surface area contributed by atoms with E-state index in [2.05, 4.69) is 33.4 Å². The monoisotopic (exact) mass is 588 g/mol. The molecule has 0 bridgehead atoms. The van der Waals surface area contributed by atoms with Crippen LogP contribution in [0.15, 0.2) is 71.1 Å². The van der Waals surface area contributed by atoms with Crippen molar-refractivity contribution >= 4 is 43.5 Å². The average Bonchev–Trinajstić information content (AvgIpc) is 3.56. The van der Waals surface area contributed by atoms with Crippen molar-refractivity contribution in [2.45, 2.75) is 25.3 Å². The number of fused-ring (bicyclic) bond motifs is 2. The van der Waals surface area contributed by atoms with Gasteiger partial charge in [-0.25, -0.2) is 12.8 Å². The Kier molecular flexibility index (Phi) is 7.28. The van der Waals surface area contributed by atoms with E-state index in [1.54, 1.807) is 25.2 Å². The molecule has 0 aliphatic carbocycles. The van der Waals surface area contributed by atoms with Crippen LogP contribution in [0.5, 0.6) is 0 Å². The van der Waals surface area contributed by atoms with E-state index in [9.17, 15) is 17.6 Å². The number of H-pyrrole nitrogens is 1. The lowest BCUT2D eigenvalue weighted by Gasteiger charge is -2.34. The number of hydrogen-bond acceptors (Lipinski definition) is 5. The maximum absolute atomic E-state index is 13.7. The zero-order valence-electron chi connectivity index (χ0n) is 23.8. The number of benzene rings is 3. The fourth-order valence-electron chi connectivity index (χ4n) is 5.99. The number of sulfonamides is 1. The highest BCUT2D eigenvalue weighted by molar-refractivity contribution is 7.92. The van der Waals surface area contributed by atoms with E-state index >= 15 is 0 Å². The predicted octanol–water partition coefficient (Wildman–Crippen LogP) is 5.86. The largest absolute Gasteiger partial charge is 0.455 e. The van der Waals surface area contributed by atoms with Crippen LogP contribution in [0.3, 0.4) is 0 Å². The third-order valence-corrected chi connectivity index (χ3v) is 9.35. The highest BCUT2D eigenvalue weighted by Crippen LogP contribution is 2.42. The second-order valence-electron chi connectivity index (χ2n) is 11.0. The van der Waals surface area contributed by atoms with Gasteiger partial charge in [-0.05, 0) is 78.7 Å². The predicted molar refractivity (Wildman–Crippen MR) is 164 cm³/mol. The van der Waals surface area contributed by atoms with Crippen molar-refractivity contribution in [2.24, 2.45) is 0 Å². The first kappa shape index (κ1) is 28.0. The molecule has 1 saturated heterocycles. The Balaban J connectivity index is 1.44. The highest BCUT2D eigenvalue weighted by atomic mass is 32.2. The molecule has 6 rings (SSSR count). The molecule has 0 radical (unpaired) electrons. The SMILES string of the molecule is CNC(=O)c1c(-c2ccc(F)cc2)oc2cc(N(C)S(C)(=O)=O)c([C@H]3CCCN(Cc4cc5ccccc5[nH]4)C3)cc12. The Morgan fingerprint density at radius 2 is 1.90 bits per heavy atom. The first-order valence-electron chi connectivity index (χ1n) is 13.9. The van der Waals surface area contributed by atoms with E-state index in [1.807, 2.05) is 18.2 Å². The molecule has 42 heavy (non-hydrogen) atoms. The number of carbonyl (C=O) groups excluding carboxylic acids is 1. The quantitative estimate of drug-likeness (QED) is 0.248. The van der Waals surface area contributed by atoms with Gasteiger partial charge in [-0.2, -0.15) is 0 Å². The number of carbonyl (C=O) groups is 1. The number of furan rings is 1. The maximum atomic E-state index is 13.7. The first-order chi connectivity index (χ1) is 20.1. The first-order valence-corrected chi connectivity index (χ1v) is 15.8. The summed E-state index contributed by atoms with van der Waals surface area (Å²) in [5.41, 5.74) is 4.85. The summed E-state index contributed by atoms with van der Waals surface area (Å²) in [4.78, 5) is 19.1. The molecule has 218 valence electrons. The average molecular weight is 589 g/mol. The second kappa shape index (κ2) is 10.9. The molecule has 1 aliphatic rings. The smallest absolute Gasteiger partial charge is 0.255 e. The number of nitrogens with one attached hydrogen (secondary N) is 2. The molecule has 3 heterocycles. The van der Waals surface area contributed by atoms with Gasteiger partial charge in [0.05, 0.1) is 17.5 Å². The van der Waals surface area contributed by atoms with Crippen molar-refractivity contribution in [3.63, 3.8) is 0 Å². The minimum absolute atomic E-state index is 0.0217. The summed E-state index contributed by atoms with van der Waals surface area (Å²) in [6.45, 7) is 2.40. The lowest BCUT2D eigenvalue weighted by molar-refractivity contribution is 0.0964. The molecular formula is C32H33FN4O4S. The molecule has 0 spiro atoms. The van der Waals surface area contributed by atoms with Crippen LogP contribution in [0.2, 0.25) is 0 Å². The third-order valence-electron chi connectivity index (χ3n) is 8.16. The van der Waals surface area contributed by atoms with E-state index in [0.29, 0.717) is 33.5 Å². The molecule has 5 aromatic rings. The maximum Gasteiger partial charge on any atom is 0.255 e. The second-order valence-corrected chi connectivity index (χ2v) is 13.0. The molecule has 1 amide bonds. The number of hydrogen-bond donors (Lipinski definition) is 2. The van der Waals surface area contributed by atoms with Gasteiger partial charge in [0.25, 0.3) is 5.91 Å². The van der Waals surface area contributed by atoms with Gasteiger partial charge in [-0.15, -0.1) is 0 Å². The van der Waals surface area contributed by atoms with Crippen molar-refractivity contribution in [2.75, 3.05) is 37.7 Å². The van der Waals surface area contributed by atoms with Gasteiger partial charge in [0.1, 0.15) is 17.2 Å². The van der Waals surface area contributed by atoms with Crippen molar-refractivity contribution in [1.29, 1.82) is 0 Å². The third kappa shape index (κ3) is 5.28. The molecule has 1 fully saturated rings. The molecule has 0 unspecified atom stereocenters. The number of para-hydroxylation sites is 1. The summed E-state index contributed by atoms with van der Waals surface area (Å²) in [5, 5.41) is 4.45. The zero-order chi connectivity index (χ0) is 29.6. The summed E-state index contributed by atoms with van der Waals surface area (Å²) < 4.78 is 46.7. The van der Waals surface area contributed by atoms with Gasteiger partial charge in [-0.3, -0.25) is 14.0 Å². The van der Waals surface area contributed by atoms with Crippen LogP contribution >= 0.6 is 0 Å². The van der Waals surface area contributed by atoms with Crippen LogP contribution in [-0.4, -0.2) is 57.6 Å². The Bertz CT molecular complexity index is 1860. The fraction of sp³-hybridized carbons (Fsp3) is 0.281. The number of aromatic amines is 1. The highest BCUT2D eigenvalue weighted by Gasteiger charge is 2.30. The molecule has 8 nitrogen and oxygen atoms in total. The summed E-state index contributed by atoms with van der Waals surface area (Å²) in [5.74, 6) is -0.413. The molecule has 1 aliphatic heterocycles. The van der Waals surface area contributed by atoms with Crippen LogP contribution in [0.25, 0.3) is 33.2 Å². The number of likely N-dealkylation sites (tertiary alicyclic amines) is 1. The van der Waals surface area contributed by atoms with Crippen molar-refractivity contribution in [1.82, 2.24) is 15.2 Å². The van der Waals surface area contributed by atoms with Crippen molar-refractivity contribution < 1.29 is 22.0 Å². The summed E-state index contributed by atoms with van der Waals surface area (Å²) in [6.07, 6.45) is 2.99. The van der Waals surface area contributed by atoms with Gasteiger partial charge < -0.3 is 14.7 Å². The lowest BCUT2D eigenvalue weighted by Crippen LogP contribution is -2.35. The lowest BCUT2D eigenvalue weighted by atomic mass is 9.88. The minimum atomic E-state index is -3.59. The van der Waals surface area contributed by atoms with Crippen molar-refractivity contribution in [3.8, 4) is 11.3 Å². The molecule has 3 aromatic carbocycles. The van der Waals surface area contributed by atoms with E-state index in [4.69, 9.17) is 4.42 Å². The van der Waals surface area contributed by atoms with Crippen LogP contribution in [-0.2, 0) is 16.6 Å². The topological polar surface area (TPSA) is 98.7 Å². The van der Waals surface area contributed by atoms with E-state index in [0.717, 1.165) is 49.2 Å². The van der Waals surface area contributed by atoms with Gasteiger partial charge in [0.2, 0.25) is 10.0 Å². The van der Waals surface area contributed by atoms with Gasteiger partial charge >= 0.3 is 0 Å². The normalized spacial score (nSPS) is 16.2. The van der Waals surface area contributed by atoms with Crippen LogP contribution in [0.1, 0.15) is 40.4 Å². The molecule has 0 saturated carbocycles. The van der Waals surface area contributed by atoms with Crippen LogP contribution in [0, 0.1) is 5.82 Å². The van der Waals surface area contributed by atoms with E-state index in [-0.39, 0.29) is 11.8 Å². The molecule has 2 N–H and O–H groups in total. The molecule has 1 atom stereocenters. The number of nitrogens with zero attached hydrogens (tertiary/aromatic N) is 2. The fourth-order valence-corrected chi connectivity index (χ4v) is 6.51. The van der Waals surface area contributed by atoms with Crippen LogP contribution < -0.4 is 9.62 Å². The molecule has 2 aromatic heterocycles. The number of amides is 1. The Labute approximate surface area is 244 Å². The zero-order valence-corrected chi connectivity index (χ0v) is 24.6. The van der Waals surface area contributed by atoms with Gasteiger partial charge in [-0.1, -0.05) is 18.2 Å². The van der Waals surface area contributed by atoms with E-state index in [1.165, 1.54) is 35.1 Å². The standard InChI is InChI=1S/C32H33FN4O4S/c1-34-32(38)30-26-16-25(22-8-6-14-37(18-22)19-24-15-21-7-4-5-9-27(21)35-24)28(36(2)42(3,39)40)17-29(26)41-31(30)20-10-12-23(33)13-11-20/h4-5,7,9-13,15-17,22,35H,6,8,14,18-19H2,1-3H3,(H,34,38)/t22-/m0/s1. The molecule has 10 heteroatoms. The summed E-state index contributed by atoms with van der Waals surface area (Å²) in [6, 6.07) is 19.7. The van der Waals surface area contributed by atoms with E-state index < -0.39 is 15.8 Å². The van der Waals surface area contributed by atoms with Gasteiger partial charge in [0, 0.05) is 55.4 Å². The summed E-state index contributed by atoms with van der Waals surface area (Å²) in [7, 11) is -0.508. The number of anilines is 1.